The molecule has 0 amide bonds. The molecule has 0 aliphatic carbocycles. The lowest BCUT2D eigenvalue weighted by Crippen LogP contribution is -2.32. The summed E-state index contributed by atoms with van der Waals surface area (Å²) in [6.07, 6.45) is -0.566. The SMILES string of the molecule is FC(F)(F)CN1CC=CC1. The Morgan fingerprint density at radius 2 is 1.70 bits per heavy atom. The van der Waals surface area contributed by atoms with E-state index in [9.17, 15) is 13.2 Å². The molecule has 0 saturated carbocycles. The minimum atomic E-state index is -4.05. The van der Waals surface area contributed by atoms with Crippen LogP contribution in [-0.2, 0) is 0 Å². The monoisotopic (exact) mass is 151 g/mol. The molecular formula is C6H8F3N. The fraction of sp³-hybridized carbons (Fsp3) is 0.667. The van der Waals surface area contributed by atoms with E-state index < -0.39 is 12.7 Å². The summed E-state index contributed by atoms with van der Waals surface area (Å²) in [7, 11) is 0. The van der Waals surface area contributed by atoms with Crippen molar-refractivity contribution in [2.24, 2.45) is 0 Å². The van der Waals surface area contributed by atoms with E-state index in [1.165, 1.54) is 4.90 Å². The molecular weight excluding hydrogens is 143 g/mol. The Bertz CT molecular complexity index is 130. The summed E-state index contributed by atoms with van der Waals surface area (Å²) in [5, 5.41) is 0. The Morgan fingerprint density at radius 1 is 1.20 bits per heavy atom. The lowest BCUT2D eigenvalue weighted by molar-refractivity contribution is -0.142. The summed E-state index contributed by atoms with van der Waals surface area (Å²) in [4.78, 5) is 1.33. The summed E-state index contributed by atoms with van der Waals surface area (Å²) in [6, 6.07) is 0. The third-order valence-electron chi connectivity index (χ3n) is 1.30. The fourth-order valence-electron chi connectivity index (χ4n) is 0.904. The highest BCUT2D eigenvalue weighted by molar-refractivity contribution is 4.95. The molecule has 1 nitrogen and oxygen atoms in total. The molecule has 0 N–H and O–H groups in total. The number of halogens is 3. The third-order valence-corrected chi connectivity index (χ3v) is 1.30. The van der Waals surface area contributed by atoms with Crippen LogP contribution >= 0.6 is 0 Å². The predicted octanol–water partition coefficient (Wildman–Crippen LogP) is 1.42. The Hall–Kier alpha value is -0.510. The van der Waals surface area contributed by atoms with Crippen molar-refractivity contribution >= 4 is 0 Å². The van der Waals surface area contributed by atoms with Crippen LogP contribution in [-0.4, -0.2) is 30.7 Å². The summed E-state index contributed by atoms with van der Waals surface area (Å²) < 4.78 is 34.9. The first-order chi connectivity index (χ1) is 4.58. The lowest BCUT2D eigenvalue weighted by atomic mass is 10.5. The van der Waals surface area contributed by atoms with Crippen molar-refractivity contribution in [3.8, 4) is 0 Å². The maximum Gasteiger partial charge on any atom is 0.401 e. The van der Waals surface area contributed by atoms with Crippen molar-refractivity contribution in [2.45, 2.75) is 6.18 Å². The summed E-state index contributed by atoms with van der Waals surface area (Å²) >= 11 is 0. The minimum absolute atomic E-state index is 0.430. The van der Waals surface area contributed by atoms with Crippen molar-refractivity contribution < 1.29 is 13.2 Å². The van der Waals surface area contributed by atoms with E-state index in [0.29, 0.717) is 13.1 Å². The van der Waals surface area contributed by atoms with Crippen LogP contribution in [0.3, 0.4) is 0 Å². The Labute approximate surface area is 57.1 Å². The van der Waals surface area contributed by atoms with Crippen LogP contribution in [0, 0.1) is 0 Å². The maximum atomic E-state index is 11.6. The maximum absolute atomic E-state index is 11.6. The lowest BCUT2D eigenvalue weighted by Gasteiger charge is -2.16. The number of rotatable bonds is 1. The van der Waals surface area contributed by atoms with E-state index >= 15 is 0 Å². The summed E-state index contributed by atoms with van der Waals surface area (Å²) in [5.41, 5.74) is 0. The first kappa shape index (κ1) is 7.60. The van der Waals surface area contributed by atoms with E-state index in [1.54, 1.807) is 12.2 Å². The molecule has 0 radical (unpaired) electrons. The Balaban J connectivity index is 2.26. The predicted molar refractivity (Wildman–Crippen MR) is 31.6 cm³/mol. The van der Waals surface area contributed by atoms with Crippen LogP contribution < -0.4 is 0 Å². The van der Waals surface area contributed by atoms with Gasteiger partial charge in [-0.25, -0.2) is 0 Å². The van der Waals surface area contributed by atoms with Crippen LogP contribution in [0.25, 0.3) is 0 Å². The van der Waals surface area contributed by atoms with E-state index in [-0.39, 0.29) is 0 Å². The van der Waals surface area contributed by atoms with Crippen molar-refractivity contribution in [3.63, 3.8) is 0 Å². The van der Waals surface area contributed by atoms with Gasteiger partial charge >= 0.3 is 6.18 Å². The van der Waals surface area contributed by atoms with E-state index in [2.05, 4.69) is 0 Å². The highest BCUT2D eigenvalue weighted by Gasteiger charge is 2.30. The van der Waals surface area contributed by atoms with Crippen molar-refractivity contribution in [3.05, 3.63) is 12.2 Å². The minimum Gasteiger partial charge on any atom is -0.288 e. The van der Waals surface area contributed by atoms with Crippen LogP contribution in [0.1, 0.15) is 0 Å². The van der Waals surface area contributed by atoms with Gasteiger partial charge in [-0.05, 0) is 0 Å². The van der Waals surface area contributed by atoms with Gasteiger partial charge < -0.3 is 0 Å². The molecule has 0 unspecified atom stereocenters. The average Bonchev–Trinajstić information content (AvgIpc) is 2.12. The second-order valence-corrected chi connectivity index (χ2v) is 2.28. The molecule has 1 aliphatic rings. The van der Waals surface area contributed by atoms with Crippen LogP contribution in [0.5, 0.6) is 0 Å². The second kappa shape index (κ2) is 2.62. The van der Waals surface area contributed by atoms with Gasteiger partial charge in [-0.2, -0.15) is 13.2 Å². The first-order valence-electron chi connectivity index (χ1n) is 3.02. The summed E-state index contributed by atoms with van der Waals surface area (Å²) in [6.45, 7) is 0.0685. The molecule has 0 aromatic carbocycles. The molecule has 1 aliphatic heterocycles. The standard InChI is InChI=1S/C6H8F3N/c7-6(8,9)5-10-3-1-2-4-10/h1-2H,3-5H2. The van der Waals surface area contributed by atoms with E-state index in [1.807, 2.05) is 0 Å². The van der Waals surface area contributed by atoms with Crippen LogP contribution in [0.2, 0.25) is 0 Å². The smallest absolute Gasteiger partial charge is 0.288 e. The molecule has 58 valence electrons. The fourth-order valence-corrected chi connectivity index (χ4v) is 0.904. The average molecular weight is 151 g/mol. The van der Waals surface area contributed by atoms with Gasteiger partial charge in [0.15, 0.2) is 0 Å². The zero-order valence-corrected chi connectivity index (χ0v) is 5.36. The van der Waals surface area contributed by atoms with Gasteiger partial charge in [0.25, 0.3) is 0 Å². The van der Waals surface area contributed by atoms with Crippen molar-refractivity contribution in [2.75, 3.05) is 19.6 Å². The van der Waals surface area contributed by atoms with Crippen LogP contribution in [0.4, 0.5) is 13.2 Å². The van der Waals surface area contributed by atoms with Gasteiger partial charge in [0.1, 0.15) is 0 Å². The Morgan fingerprint density at radius 3 is 2.10 bits per heavy atom. The number of nitrogens with zero attached hydrogens (tertiary/aromatic N) is 1. The van der Waals surface area contributed by atoms with Gasteiger partial charge in [0, 0.05) is 13.1 Å². The number of hydrogen-bond acceptors (Lipinski definition) is 1. The van der Waals surface area contributed by atoms with Crippen LogP contribution in [0.15, 0.2) is 12.2 Å². The van der Waals surface area contributed by atoms with Gasteiger partial charge in [-0.3, -0.25) is 4.90 Å². The molecule has 0 spiro atoms. The van der Waals surface area contributed by atoms with Crippen molar-refractivity contribution in [1.82, 2.24) is 4.90 Å². The van der Waals surface area contributed by atoms with Gasteiger partial charge in [0.2, 0.25) is 0 Å². The molecule has 4 heteroatoms. The number of hydrogen-bond donors (Lipinski definition) is 0. The molecule has 0 saturated heterocycles. The normalized spacial score (nSPS) is 20.3. The highest BCUT2D eigenvalue weighted by atomic mass is 19.4. The molecule has 1 rings (SSSR count). The summed E-state index contributed by atoms with van der Waals surface area (Å²) in [5.74, 6) is 0. The van der Waals surface area contributed by atoms with Crippen molar-refractivity contribution in [1.29, 1.82) is 0 Å². The van der Waals surface area contributed by atoms with Gasteiger partial charge in [-0.1, -0.05) is 12.2 Å². The zero-order valence-electron chi connectivity index (χ0n) is 5.36. The molecule has 1 heterocycles. The molecule has 10 heavy (non-hydrogen) atoms. The number of alkyl halides is 3. The molecule has 0 bridgehead atoms. The van der Waals surface area contributed by atoms with E-state index in [0.717, 1.165) is 0 Å². The largest absolute Gasteiger partial charge is 0.401 e. The first-order valence-corrected chi connectivity index (χ1v) is 3.02. The quantitative estimate of drug-likeness (QED) is 0.512. The third kappa shape index (κ3) is 2.39. The molecule has 0 fully saturated rings. The van der Waals surface area contributed by atoms with Gasteiger partial charge in [0.05, 0.1) is 6.54 Å². The van der Waals surface area contributed by atoms with E-state index in [4.69, 9.17) is 0 Å². The second-order valence-electron chi connectivity index (χ2n) is 2.28. The topological polar surface area (TPSA) is 3.24 Å². The Kier molecular flexibility index (Phi) is 1.99. The molecule has 0 atom stereocenters. The molecule has 0 aromatic heterocycles. The molecule has 0 aromatic rings. The zero-order chi connectivity index (χ0) is 7.61. The highest BCUT2D eigenvalue weighted by Crippen LogP contribution is 2.17. The van der Waals surface area contributed by atoms with Gasteiger partial charge in [-0.15, -0.1) is 0 Å².